The third kappa shape index (κ3) is 4.61. The molecule has 0 saturated heterocycles. The fraction of sp³-hybridized carbons (Fsp3) is 0. The lowest BCUT2D eigenvalue weighted by Gasteiger charge is -2.06. The highest BCUT2D eigenvalue weighted by molar-refractivity contribution is 7.25. The molecule has 190 valence electrons. The van der Waals surface area contributed by atoms with Crippen LogP contribution < -0.4 is 0 Å². The van der Waals surface area contributed by atoms with Gasteiger partial charge in [0.1, 0.15) is 6.07 Å². The average Bonchev–Trinajstić information content (AvgIpc) is 3.42. The fourth-order valence-electron chi connectivity index (χ4n) is 5.15. The summed E-state index contributed by atoms with van der Waals surface area (Å²) in [5.41, 5.74) is 9.71. The van der Waals surface area contributed by atoms with Crippen molar-refractivity contribution >= 4 is 37.2 Å². The van der Waals surface area contributed by atoms with Crippen molar-refractivity contribution in [3.8, 4) is 50.6 Å². The minimum atomic E-state index is 0.543. The molecule has 0 aliphatic heterocycles. The number of rotatable bonds is 4. The predicted molar refractivity (Wildman–Crippen MR) is 168 cm³/mol. The van der Waals surface area contributed by atoms with Gasteiger partial charge in [-0.3, -0.25) is 9.97 Å². The molecule has 0 unspecified atom stereocenters. The quantitative estimate of drug-likeness (QED) is 0.209. The standard InChI is InChI=1S/C36H20N4S/c1-38-32-15-31(21-40-22-32)27-8-4-25(5-9-27)29-11-13-34-33-12-10-28(16-35(33)41-36(34)17-29)24-2-6-26(7-3-24)30-14-23(18-37)19-39-20-30/h2-17,19-22H. The highest BCUT2D eigenvalue weighted by Crippen LogP contribution is 2.39. The molecule has 0 N–H and O–H groups in total. The lowest BCUT2D eigenvalue weighted by Crippen LogP contribution is -1.84. The van der Waals surface area contributed by atoms with E-state index in [1.165, 1.54) is 31.3 Å². The first-order valence-corrected chi connectivity index (χ1v) is 13.9. The van der Waals surface area contributed by atoms with Gasteiger partial charge in [0, 0.05) is 50.5 Å². The van der Waals surface area contributed by atoms with Crippen LogP contribution in [0.3, 0.4) is 0 Å². The van der Waals surface area contributed by atoms with E-state index < -0.39 is 0 Å². The van der Waals surface area contributed by atoms with Crippen LogP contribution in [0.15, 0.2) is 122 Å². The van der Waals surface area contributed by atoms with E-state index in [0.29, 0.717) is 11.3 Å². The van der Waals surface area contributed by atoms with Gasteiger partial charge in [0.05, 0.1) is 12.1 Å². The number of benzene rings is 4. The predicted octanol–water partition coefficient (Wildman–Crippen LogP) is 9.93. The third-order valence-electron chi connectivity index (χ3n) is 7.30. The molecule has 3 aromatic heterocycles. The van der Waals surface area contributed by atoms with Crippen molar-refractivity contribution < 1.29 is 0 Å². The topological polar surface area (TPSA) is 53.9 Å². The molecular weight excluding hydrogens is 520 g/mol. The van der Waals surface area contributed by atoms with Crippen molar-refractivity contribution in [3.05, 3.63) is 139 Å². The molecule has 4 nitrogen and oxygen atoms in total. The van der Waals surface area contributed by atoms with Gasteiger partial charge in [-0.2, -0.15) is 5.26 Å². The molecule has 0 saturated carbocycles. The highest BCUT2D eigenvalue weighted by Gasteiger charge is 2.10. The van der Waals surface area contributed by atoms with E-state index in [-0.39, 0.29) is 0 Å². The Kier molecular flexibility index (Phi) is 6.06. The molecule has 4 aromatic carbocycles. The van der Waals surface area contributed by atoms with Crippen molar-refractivity contribution in [2.75, 3.05) is 0 Å². The SMILES string of the molecule is [C-]#[N+]c1cncc(-c2ccc(-c3ccc4c(c3)sc3cc(-c5ccc(-c6cncc(C#N)c6)cc5)ccc34)cc2)c1. The maximum atomic E-state index is 9.18. The summed E-state index contributed by atoms with van der Waals surface area (Å²) < 4.78 is 2.51. The van der Waals surface area contributed by atoms with Gasteiger partial charge in [-0.15, -0.1) is 11.3 Å². The second-order valence-electron chi connectivity index (χ2n) is 9.80. The number of aromatic nitrogens is 2. The largest absolute Gasteiger partial charge is 0.276 e. The molecule has 0 atom stereocenters. The van der Waals surface area contributed by atoms with Gasteiger partial charge in [0.15, 0.2) is 0 Å². The number of fused-ring (bicyclic) bond motifs is 3. The zero-order valence-electron chi connectivity index (χ0n) is 21.7. The molecule has 0 aliphatic rings. The van der Waals surface area contributed by atoms with Gasteiger partial charge >= 0.3 is 0 Å². The molecular formula is C36H20N4S. The van der Waals surface area contributed by atoms with Crippen LogP contribution in [0.2, 0.25) is 0 Å². The van der Waals surface area contributed by atoms with Gasteiger partial charge in [-0.25, -0.2) is 4.85 Å². The van der Waals surface area contributed by atoms with E-state index in [1.807, 2.05) is 23.5 Å². The Hall–Kier alpha value is -5.62. The van der Waals surface area contributed by atoms with Gasteiger partial charge in [-0.05, 0) is 63.2 Å². The zero-order valence-corrected chi connectivity index (χ0v) is 22.6. The number of nitriles is 1. The van der Waals surface area contributed by atoms with Crippen molar-refractivity contribution in [3.63, 3.8) is 0 Å². The van der Waals surface area contributed by atoms with Crippen molar-refractivity contribution in [2.45, 2.75) is 0 Å². The summed E-state index contributed by atoms with van der Waals surface area (Å²) in [4.78, 5) is 11.9. The molecule has 7 rings (SSSR count). The second kappa shape index (κ2) is 10.2. The van der Waals surface area contributed by atoms with Gasteiger partial charge in [0.2, 0.25) is 5.69 Å². The Labute approximate surface area is 241 Å². The first kappa shape index (κ1) is 24.4. The number of pyridine rings is 2. The van der Waals surface area contributed by atoms with Gasteiger partial charge in [0.25, 0.3) is 0 Å². The third-order valence-corrected chi connectivity index (χ3v) is 8.41. The van der Waals surface area contributed by atoms with Crippen LogP contribution in [0, 0.1) is 17.9 Å². The van der Waals surface area contributed by atoms with Crippen LogP contribution >= 0.6 is 11.3 Å². The number of hydrogen-bond acceptors (Lipinski definition) is 4. The Morgan fingerprint density at radius 1 is 0.537 bits per heavy atom. The summed E-state index contributed by atoms with van der Waals surface area (Å²) in [5.74, 6) is 0. The Morgan fingerprint density at radius 2 is 1.00 bits per heavy atom. The second-order valence-corrected chi connectivity index (χ2v) is 10.9. The normalized spacial score (nSPS) is 10.9. The molecule has 0 bridgehead atoms. The van der Waals surface area contributed by atoms with Crippen LogP contribution in [-0.4, -0.2) is 9.97 Å². The first-order valence-electron chi connectivity index (χ1n) is 13.0. The van der Waals surface area contributed by atoms with Crippen LogP contribution in [0.4, 0.5) is 5.69 Å². The molecule has 7 aromatic rings. The minimum absolute atomic E-state index is 0.543. The fourth-order valence-corrected chi connectivity index (χ4v) is 6.34. The summed E-state index contributed by atoms with van der Waals surface area (Å²) in [6.45, 7) is 7.24. The Balaban J connectivity index is 1.18. The molecule has 0 fully saturated rings. The Morgan fingerprint density at radius 3 is 1.51 bits per heavy atom. The smallest absolute Gasteiger partial charge is 0.205 e. The molecule has 0 radical (unpaired) electrons. The maximum absolute atomic E-state index is 9.18. The van der Waals surface area contributed by atoms with Crippen molar-refractivity contribution in [1.29, 1.82) is 5.26 Å². The lowest BCUT2D eigenvalue weighted by molar-refractivity contribution is 1.30. The molecule has 0 aliphatic carbocycles. The zero-order chi connectivity index (χ0) is 27.8. The Bertz CT molecular complexity index is 2010. The molecule has 0 amide bonds. The molecule has 41 heavy (non-hydrogen) atoms. The lowest BCUT2D eigenvalue weighted by atomic mass is 9.99. The minimum Gasteiger partial charge on any atom is -0.276 e. The number of thiophene rings is 1. The maximum Gasteiger partial charge on any atom is 0.205 e. The first-order chi connectivity index (χ1) is 20.2. The number of hydrogen-bond donors (Lipinski definition) is 0. The number of nitrogens with zero attached hydrogens (tertiary/aromatic N) is 4. The summed E-state index contributed by atoms with van der Waals surface area (Å²) in [7, 11) is 0. The van der Waals surface area contributed by atoms with E-state index in [2.05, 4.69) is 106 Å². The van der Waals surface area contributed by atoms with E-state index in [0.717, 1.165) is 33.4 Å². The van der Waals surface area contributed by atoms with E-state index in [4.69, 9.17) is 6.57 Å². The van der Waals surface area contributed by atoms with Gasteiger partial charge in [-0.1, -0.05) is 72.8 Å². The molecule has 0 spiro atoms. The van der Waals surface area contributed by atoms with Crippen molar-refractivity contribution in [2.24, 2.45) is 0 Å². The highest BCUT2D eigenvalue weighted by atomic mass is 32.1. The van der Waals surface area contributed by atoms with Crippen LogP contribution in [-0.2, 0) is 0 Å². The van der Waals surface area contributed by atoms with Crippen LogP contribution in [0.1, 0.15) is 5.56 Å². The van der Waals surface area contributed by atoms with E-state index >= 15 is 0 Å². The summed E-state index contributed by atoms with van der Waals surface area (Å²) >= 11 is 1.81. The molecule has 3 heterocycles. The summed E-state index contributed by atoms with van der Waals surface area (Å²) in [6.07, 6.45) is 6.74. The monoisotopic (exact) mass is 540 g/mol. The summed E-state index contributed by atoms with van der Waals surface area (Å²) in [5, 5.41) is 11.7. The molecule has 5 heteroatoms. The van der Waals surface area contributed by atoms with E-state index in [1.54, 1.807) is 24.8 Å². The van der Waals surface area contributed by atoms with E-state index in [9.17, 15) is 5.26 Å². The average molecular weight is 541 g/mol. The van der Waals surface area contributed by atoms with Gasteiger partial charge < -0.3 is 0 Å². The van der Waals surface area contributed by atoms with Crippen LogP contribution in [0.25, 0.3) is 69.5 Å². The van der Waals surface area contributed by atoms with Crippen LogP contribution in [0.5, 0.6) is 0 Å². The van der Waals surface area contributed by atoms with Crippen molar-refractivity contribution in [1.82, 2.24) is 9.97 Å². The summed E-state index contributed by atoms with van der Waals surface area (Å²) in [6, 6.07) is 36.1.